The predicted molar refractivity (Wildman–Crippen MR) is 161 cm³/mol. The molecule has 10 nitrogen and oxygen atoms in total. The van der Waals surface area contributed by atoms with Crippen molar-refractivity contribution in [1.82, 2.24) is 19.5 Å². The Labute approximate surface area is 245 Å². The lowest BCUT2D eigenvalue weighted by molar-refractivity contribution is 0.0877. The number of sulfonamides is 1. The molecule has 2 N–H and O–H groups in total. The maximum atomic E-state index is 13.9. The van der Waals surface area contributed by atoms with Crippen LogP contribution in [0.25, 0.3) is 0 Å². The number of alkyl carbamates (subject to hydrolysis) is 1. The fraction of sp³-hybridized carbons (Fsp3) is 0.414. The fourth-order valence-corrected chi connectivity index (χ4v) is 6.77. The maximum absolute atomic E-state index is 13.9. The first-order valence-corrected chi connectivity index (χ1v) is 15.8. The van der Waals surface area contributed by atoms with Gasteiger partial charge in [0.15, 0.2) is 0 Å². The summed E-state index contributed by atoms with van der Waals surface area (Å²) in [6.45, 7) is 3.90. The minimum absolute atomic E-state index is 0.00278. The number of amides is 1. The van der Waals surface area contributed by atoms with Crippen molar-refractivity contribution in [3.63, 3.8) is 0 Å². The molecule has 1 aromatic carbocycles. The van der Waals surface area contributed by atoms with Gasteiger partial charge in [0.1, 0.15) is 12.4 Å². The zero-order valence-electron chi connectivity index (χ0n) is 23.7. The number of benzene rings is 1. The average Bonchev–Trinajstić information content (AvgIpc) is 3.61. The molecule has 1 amide bonds. The van der Waals surface area contributed by atoms with E-state index in [9.17, 15) is 18.3 Å². The highest BCUT2D eigenvalue weighted by Gasteiger charge is 2.34. The Morgan fingerprint density at radius 3 is 2.59 bits per heavy atom. The molecule has 1 aliphatic heterocycles. The van der Waals surface area contributed by atoms with Crippen molar-refractivity contribution in [3.8, 4) is 0 Å². The summed E-state index contributed by atoms with van der Waals surface area (Å²) in [4.78, 5) is 24.2. The van der Waals surface area contributed by atoms with Crippen LogP contribution in [-0.2, 0) is 27.8 Å². The number of aliphatic hydroxyl groups is 1. The third-order valence-electron chi connectivity index (χ3n) is 6.64. The third-order valence-corrected chi connectivity index (χ3v) is 9.32. The van der Waals surface area contributed by atoms with Crippen molar-refractivity contribution in [2.24, 2.45) is 10.9 Å². The molecule has 2 atom stereocenters. The molecule has 41 heavy (non-hydrogen) atoms. The predicted octanol–water partition coefficient (Wildman–Crippen LogP) is 3.70. The largest absolute Gasteiger partial charge is 0.444 e. The number of thiazole rings is 1. The van der Waals surface area contributed by atoms with E-state index in [2.05, 4.69) is 15.3 Å². The number of allylic oxidation sites excluding steroid dienone is 5. The van der Waals surface area contributed by atoms with E-state index in [1.165, 1.54) is 15.6 Å². The molecular weight excluding hydrogens is 562 g/mol. The van der Waals surface area contributed by atoms with Gasteiger partial charge in [-0.2, -0.15) is 4.31 Å². The smallest absolute Gasteiger partial charge is 0.407 e. The van der Waals surface area contributed by atoms with Gasteiger partial charge in [-0.1, -0.05) is 50.3 Å². The van der Waals surface area contributed by atoms with Crippen LogP contribution in [0.1, 0.15) is 30.7 Å². The Hall–Kier alpha value is -3.32. The SMILES string of the molecule is CC(C)CN(CC(O)C(Cc1ccccc1)NC(=O)OCc1cncs1)S(=O)(=O)C1=CC=C2C=C(N(C)C)N=C2C1. The number of nitrogens with one attached hydrogen (secondary N) is 1. The number of ether oxygens (including phenoxy) is 1. The Kier molecular flexibility index (Phi) is 10.1. The van der Waals surface area contributed by atoms with Crippen LogP contribution in [0.5, 0.6) is 0 Å². The molecular formula is C29H37N5O5S2. The van der Waals surface area contributed by atoms with Gasteiger partial charge in [0, 0.05) is 45.4 Å². The maximum Gasteiger partial charge on any atom is 0.407 e. The zero-order valence-corrected chi connectivity index (χ0v) is 25.4. The first-order valence-electron chi connectivity index (χ1n) is 13.4. The lowest BCUT2D eigenvalue weighted by Crippen LogP contribution is -2.51. The minimum Gasteiger partial charge on any atom is -0.444 e. The van der Waals surface area contributed by atoms with Gasteiger partial charge in [0.2, 0.25) is 10.0 Å². The van der Waals surface area contributed by atoms with Crippen LogP contribution < -0.4 is 5.32 Å². The van der Waals surface area contributed by atoms with E-state index in [4.69, 9.17) is 4.74 Å². The van der Waals surface area contributed by atoms with Crippen LogP contribution in [0.15, 0.2) is 81.6 Å². The van der Waals surface area contributed by atoms with Crippen LogP contribution in [0.3, 0.4) is 0 Å². The number of aromatic nitrogens is 1. The first-order chi connectivity index (χ1) is 19.5. The molecule has 4 rings (SSSR count). The van der Waals surface area contributed by atoms with E-state index in [-0.39, 0.29) is 43.4 Å². The Bertz CT molecular complexity index is 1430. The summed E-state index contributed by atoms with van der Waals surface area (Å²) in [6.07, 6.45) is 5.49. The van der Waals surface area contributed by atoms with Gasteiger partial charge in [0.25, 0.3) is 0 Å². The van der Waals surface area contributed by atoms with Crippen molar-refractivity contribution >= 4 is 33.2 Å². The summed E-state index contributed by atoms with van der Waals surface area (Å²) in [5.41, 5.74) is 4.13. The summed E-state index contributed by atoms with van der Waals surface area (Å²) >= 11 is 1.37. The number of hydrogen-bond acceptors (Lipinski definition) is 9. The molecule has 0 saturated carbocycles. The van der Waals surface area contributed by atoms with Gasteiger partial charge in [0.05, 0.1) is 33.2 Å². The summed E-state index contributed by atoms with van der Waals surface area (Å²) in [5, 5.41) is 14.2. The van der Waals surface area contributed by atoms with E-state index >= 15 is 0 Å². The number of hydrogen-bond donors (Lipinski definition) is 2. The fourth-order valence-electron chi connectivity index (χ4n) is 4.53. The molecule has 2 heterocycles. The molecule has 2 aliphatic rings. The van der Waals surface area contributed by atoms with Gasteiger partial charge < -0.3 is 20.1 Å². The molecule has 0 spiro atoms. The lowest BCUT2D eigenvalue weighted by Gasteiger charge is -2.31. The monoisotopic (exact) mass is 599 g/mol. The second-order valence-corrected chi connectivity index (χ2v) is 13.6. The average molecular weight is 600 g/mol. The number of aliphatic imine (C=N–C) groups is 1. The molecule has 0 fully saturated rings. The van der Waals surface area contributed by atoms with Crippen LogP contribution in [0, 0.1) is 5.92 Å². The number of aliphatic hydroxyl groups excluding tert-OH is 1. The number of carbonyl (C=O) groups excluding carboxylic acids is 1. The third kappa shape index (κ3) is 8.13. The Morgan fingerprint density at radius 2 is 1.93 bits per heavy atom. The molecule has 1 aromatic heterocycles. The minimum atomic E-state index is -3.94. The normalized spacial score (nSPS) is 16.4. The van der Waals surface area contributed by atoms with E-state index in [1.54, 1.807) is 23.9 Å². The molecule has 12 heteroatoms. The summed E-state index contributed by atoms with van der Waals surface area (Å²) in [7, 11) is -0.165. The van der Waals surface area contributed by atoms with Gasteiger partial charge in [-0.3, -0.25) is 4.98 Å². The van der Waals surface area contributed by atoms with Crippen molar-refractivity contribution < 1.29 is 23.1 Å². The van der Waals surface area contributed by atoms with Crippen LogP contribution in [-0.4, -0.2) is 78.8 Å². The Morgan fingerprint density at radius 1 is 1.17 bits per heavy atom. The van der Waals surface area contributed by atoms with Crippen LogP contribution >= 0.6 is 11.3 Å². The second-order valence-electron chi connectivity index (χ2n) is 10.7. The van der Waals surface area contributed by atoms with Crippen molar-refractivity contribution in [2.45, 2.75) is 45.4 Å². The highest BCUT2D eigenvalue weighted by molar-refractivity contribution is 7.93. The van der Waals surface area contributed by atoms with Gasteiger partial charge >= 0.3 is 6.09 Å². The molecule has 0 saturated heterocycles. The summed E-state index contributed by atoms with van der Waals surface area (Å²) < 4.78 is 34.5. The summed E-state index contributed by atoms with van der Waals surface area (Å²) in [5.74, 6) is 0.771. The summed E-state index contributed by atoms with van der Waals surface area (Å²) in [6, 6.07) is 8.61. The zero-order chi connectivity index (χ0) is 29.6. The van der Waals surface area contributed by atoms with Crippen molar-refractivity contribution in [1.29, 1.82) is 0 Å². The number of nitrogens with zero attached hydrogens (tertiary/aromatic N) is 4. The number of rotatable bonds is 13. The molecule has 2 unspecified atom stereocenters. The molecule has 220 valence electrons. The van der Waals surface area contributed by atoms with Crippen molar-refractivity contribution in [2.75, 3.05) is 27.2 Å². The van der Waals surface area contributed by atoms with Crippen molar-refractivity contribution in [3.05, 3.63) is 87.0 Å². The van der Waals surface area contributed by atoms with Gasteiger partial charge in [-0.25, -0.2) is 18.2 Å². The van der Waals surface area contributed by atoms with E-state index in [1.807, 2.05) is 69.3 Å². The molecule has 0 radical (unpaired) electrons. The standard InChI is InChI=1S/C29H37N5O5S2/c1-20(2)16-34(41(37,38)24-11-10-22-13-28(33(3)4)31-25(22)14-24)17-27(35)26(12-21-8-6-5-7-9-21)32-29(36)39-18-23-15-30-19-40-23/h5-11,13,15,19-20,26-27,35H,12,14,16-18H2,1-4H3,(H,32,36). The highest BCUT2D eigenvalue weighted by Crippen LogP contribution is 2.30. The molecule has 2 aromatic rings. The van der Waals surface area contributed by atoms with Gasteiger partial charge in [-0.15, -0.1) is 11.3 Å². The number of fused-ring (bicyclic) bond motifs is 1. The molecule has 0 bridgehead atoms. The highest BCUT2D eigenvalue weighted by atomic mass is 32.2. The molecule has 1 aliphatic carbocycles. The topological polar surface area (TPSA) is 124 Å². The number of carbonyl (C=O) groups is 1. The van der Waals surface area contributed by atoms with Gasteiger partial charge in [-0.05, 0) is 30.1 Å². The van der Waals surface area contributed by atoms with E-state index < -0.39 is 28.3 Å². The van der Waals surface area contributed by atoms with Crippen LogP contribution in [0.4, 0.5) is 4.79 Å². The lowest BCUT2D eigenvalue weighted by atomic mass is 10.0. The Balaban J connectivity index is 1.52. The first kappa shape index (κ1) is 30.6. The van der Waals surface area contributed by atoms with E-state index in [0.717, 1.165) is 21.8 Å². The van der Waals surface area contributed by atoms with E-state index in [0.29, 0.717) is 5.71 Å². The quantitative estimate of drug-likeness (QED) is 0.360. The second kappa shape index (κ2) is 13.6. The van der Waals surface area contributed by atoms with Crippen LogP contribution in [0.2, 0.25) is 0 Å².